The number of anilines is 1. The van der Waals surface area contributed by atoms with Crippen LogP contribution in [-0.4, -0.2) is 72.4 Å². The van der Waals surface area contributed by atoms with Crippen LogP contribution in [-0.2, 0) is 16.1 Å². The van der Waals surface area contributed by atoms with E-state index in [0.29, 0.717) is 19.4 Å². The summed E-state index contributed by atoms with van der Waals surface area (Å²) in [5.74, 6) is 0.274. The van der Waals surface area contributed by atoms with Crippen LogP contribution < -0.4 is 10.2 Å². The van der Waals surface area contributed by atoms with Crippen LogP contribution in [0.25, 0.3) is 0 Å². The predicted molar refractivity (Wildman–Crippen MR) is 134 cm³/mol. The van der Waals surface area contributed by atoms with Gasteiger partial charge in [0.2, 0.25) is 11.8 Å². The number of hydrogen-bond acceptors (Lipinski definition) is 5. The number of carbonyl (C=O) groups excluding carboxylic acids is 2. The molecular formula is C27H37N5O2. The Bertz CT molecular complexity index is 943. The first-order valence-corrected chi connectivity index (χ1v) is 12.6. The monoisotopic (exact) mass is 463 g/mol. The highest BCUT2D eigenvalue weighted by Gasteiger charge is 2.28. The van der Waals surface area contributed by atoms with E-state index in [-0.39, 0.29) is 17.7 Å². The first-order chi connectivity index (χ1) is 16.6. The Balaban J connectivity index is 1.33. The molecule has 0 radical (unpaired) electrons. The normalized spacial score (nSPS) is 21.0. The summed E-state index contributed by atoms with van der Waals surface area (Å²) in [4.78, 5) is 36.7. The minimum absolute atomic E-state index is 0.0378. The van der Waals surface area contributed by atoms with Crippen molar-refractivity contribution in [1.29, 1.82) is 0 Å². The number of carbonyl (C=O) groups is 2. The summed E-state index contributed by atoms with van der Waals surface area (Å²) in [7, 11) is 0. The topological polar surface area (TPSA) is 68.8 Å². The van der Waals surface area contributed by atoms with Crippen LogP contribution in [0.1, 0.15) is 36.8 Å². The van der Waals surface area contributed by atoms with Gasteiger partial charge >= 0.3 is 0 Å². The molecule has 0 spiro atoms. The molecule has 1 N–H and O–H groups in total. The van der Waals surface area contributed by atoms with E-state index in [9.17, 15) is 9.59 Å². The van der Waals surface area contributed by atoms with Crippen LogP contribution in [0.5, 0.6) is 0 Å². The molecular weight excluding hydrogens is 426 g/mol. The van der Waals surface area contributed by atoms with Crippen molar-refractivity contribution in [2.24, 2.45) is 5.92 Å². The van der Waals surface area contributed by atoms with E-state index < -0.39 is 0 Å². The van der Waals surface area contributed by atoms with Crippen molar-refractivity contribution in [3.8, 4) is 0 Å². The van der Waals surface area contributed by atoms with Gasteiger partial charge in [-0.05, 0) is 62.1 Å². The van der Waals surface area contributed by atoms with E-state index in [0.717, 1.165) is 64.2 Å². The molecule has 34 heavy (non-hydrogen) atoms. The number of hydrogen-bond donors (Lipinski definition) is 1. The molecule has 3 heterocycles. The van der Waals surface area contributed by atoms with Gasteiger partial charge in [-0.3, -0.25) is 19.5 Å². The number of aromatic nitrogens is 1. The summed E-state index contributed by atoms with van der Waals surface area (Å²) >= 11 is 0. The first-order valence-electron chi connectivity index (χ1n) is 12.6. The van der Waals surface area contributed by atoms with Crippen LogP contribution in [0.4, 0.5) is 5.69 Å². The minimum Gasteiger partial charge on any atom is -0.368 e. The zero-order valence-electron chi connectivity index (χ0n) is 20.3. The molecule has 2 aliphatic rings. The maximum atomic E-state index is 13.4. The van der Waals surface area contributed by atoms with Gasteiger partial charge in [0.05, 0.1) is 0 Å². The van der Waals surface area contributed by atoms with Crippen LogP contribution in [0.2, 0.25) is 0 Å². The highest BCUT2D eigenvalue weighted by molar-refractivity contribution is 5.79. The molecule has 0 bridgehead atoms. The quantitative estimate of drug-likeness (QED) is 0.755. The Morgan fingerprint density at radius 3 is 2.68 bits per heavy atom. The van der Waals surface area contributed by atoms with Crippen molar-refractivity contribution in [2.75, 3.05) is 50.7 Å². The largest absolute Gasteiger partial charge is 0.368 e. The lowest BCUT2D eigenvalue weighted by Gasteiger charge is -2.38. The number of piperazine rings is 1. The summed E-state index contributed by atoms with van der Waals surface area (Å²) in [6, 6.07) is 12.6. The van der Waals surface area contributed by atoms with Crippen molar-refractivity contribution in [2.45, 2.75) is 39.2 Å². The second-order valence-corrected chi connectivity index (χ2v) is 9.52. The van der Waals surface area contributed by atoms with Gasteiger partial charge in [0.15, 0.2) is 0 Å². The van der Waals surface area contributed by atoms with Crippen molar-refractivity contribution >= 4 is 17.5 Å². The number of benzene rings is 1. The van der Waals surface area contributed by atoms with Crippen LogP contribution >= 0.6 is 0 Å². The Hall–Kier alpha value is -2.93. The standard InChI is InChI=1S/C27H37N5O2/c1-22-5-2-8-25(19-22)31-15-17-32(18-16-31)27(34)24-7-4-13-30(14-10-26(33)29-12-9-24)21-23-6-3-11-28-20-23/h2-3,5-6,8,11,19-20,24H,4,7,9-10,12-18,21H2,1H3,(H,29,33). The average molecular weight is 464 g/mol. The molecule has 4 rings (SSSR count). The van der Waals surface area contributed by atoms with Crippen molar-refractivity contribution in [1.82, 2.24) is 20.1 Å². The summed E-state index contributed by atoms with van der Waals surface area (Å²) < 4.78 is 0. The summed E-state index contributed by atoms with van der Waals surface area (Å²) in [6.07, 6.45) is 6.67. The lowest BCUT2D eigenvalue weighted by Crippen LogP contribution is -2.50. The molecule has 2 fully saturated rings. The number of pyridine rings is 1. The fourth-order valence-corrected chi connectivity index (χ4v) is 4.97. The third kappa shape index (κ3) is 6.79. The molecule has 1 aromatic carbocycles. The number of aryl methyl sites for hydroxylation is 1. The molecule has 182 valence electrons. The van der Waals surface area contributed by atoms with Gasteiger partial charge in [-0.1, -0.05) is 18.2 Å². The third-order valence-electron chi connectivity index (χ3n) is 6.93. The third-order valence-corrected chi connectivity index (χ3v) is 6.93. The van der Waals surface area contributed by atoms with E-state index in [1.807, 2.05) is 17.2 Å². The molecule has 1 atom stereocenters. The molecule has 0 saturated carbocycles. The van der Waals surface area contributed by atoms with Gasteiger partial charge in [-0.15, -0.1) is 0 Å². The highest BCUT2D eigenvalue weighted by Crippen LogP contribution is 2.21. The van der Waals surface area contributed by atoms with Gasteiger partial charge in [0, 0.05) is 76.2 Å². The maximum Gasteiger partial charge on any atom is 0.225 e. The molecule has 1 unspecified atom stereocenters. The molecule has 7 nitrogen and oxygen atoms in total. The van der Waals surface area contributed by atoms with Crippen molar-refractivity contribution in [3.05, 3.63) is 59.9 Å². The summed E-state index contributed by atoms with van der Waals surface area (Å²) in [5.41, 5.74) is 3.64. The number of nitrogens with one attached hydrogen (secondary N) is 1. The zero-order chi connectivity index (χ0) is 23.8. The zero-order valence-corrected chi connectivity index (χ0v) is 20.3. The second-order valence-electron chi connectivity index (χ2n) is 9.52. The average Bonchev–Trinajstić information content (AvgIpc) is 2.90. The number of nitrogens with zero attached hydrogens (tertiary/aromatic N) is 4. The second kappa shape index (κ2) is 12.0. The van der Waals surface area contributed by atoms with E-state index >= 15 is 0 Å². The van der Waals surface area contributed by atoms with Crippen LogP contribution in [0.15, 0.2) is 48.8 Å². The molecule has 0 aliphatic carbocycles. The Kier molecular flexibility index (Phi) is 8.52. The van der Waals surface area contributed by atoms with Gasteiger partial charge in [-0.25, -0.2) is 0 Å². The van der Waals surface area contributed by atoms with E-state index in [2.05, 4.69) is 57.4 Å². The van der Waals surface area contributed by atoms with Gasteiger partial charge in [0.1, 0.15) is 0 Å². The van der Waals surface area contributed by atoms with E-state index in [1.54, 1.807) is 6.20 Å². The molecule has 2 saturated heterocycles. The lowest BCUT2D eigenvalue weighted by atomic mass is 9.96. The summed E-state index contributed by atoms with van der Waals surface area (Å²) in [6.45, 7) is 8.29. The van der Waals surface area contributed by atoms with Gasteiger partial charge in [-0.2, -0.15) is 0 Å². The Morgan fingerprint density at radius 2 is 1.91 bits per heavy atom. The fourth-order valence-electron chi connectivity index (χ4n) is 4.97. The van der Waals surface area contributed by atoms with Gasteiger partial charge in [0.25, 0.3) is 0 Å². The lowest BCUT2D eigenvalue weighted by molar-refractivity contribution is -0.136. The Labute approximate surface area is 203 Å². The Morgan fingerprint density at radius 1 is 1.06 bits per heavy atom. The number of amides is 2. The number of rotatable bonds is 4. The molecule has 2 amide bonds. The fraction of sp³-hybridized carbons (Fsp3) is 0.519. The highest BCUT2D eigenvalue weighted by atomic mass is 16.2. The smallest absolute Gasteiger partial charge is 0.225 e. The van der Waals surface area contributed by atoms with Crippen LogP contribution in [0, 0.1) is 12.8 Å². The van der Waals surface area contributed by atoms with E-state index in [4.69, 9.17) is 0 Å². The summed E-state index contributed by atoms with van der Waals surface area (Å²) in [5, 5.41) is 3.03. The molecule has 2 aromatic rings. The molecule has 2 aliphatic heterocycles. The van der Waals surface area contributed by atoms with E-state index in [1.165, 1.54) is 11.3 Å². The predicted octanol–water partition coefficient (Wildman–Crippen LogP) is 2.85. The molecule has 1 aromatic heterocycles. The SMILES string of the molecule is Cc1cccc(N2CCN(C(=O)C3CCCN(Cc4cccnc4)CCC(=O)NCC3)CC2)c1. The first kappa shape index (κ1) is 24.2. The molecule has 7 heteroatoms. The van der Waals surface area contributed by atoms with Crippen molar-refractivity contribution < 1.29 is 9.59 Å². The van der Waals surface area contributed by atoms with Gasteiger partial charge < -0.3 is 15.1 Å². The minimum atomic E-state index is -0.0378. The maximum absolute atomic E-state index is 13.4. The van der Waals surface area contributed by atoms with Crippen LogP contribution in [0.3, 0.4) is 0 Å². The van der Waals surface area contributed by atoms with Crippen molar-refractivity contribution in [3.63, 3.8) is 0 Å².